The van der Waals surface area contributed by atoms with Crippen LogP contribution in [0, 0.1) is 0 Å². The molecule has 0 aromatic heterocycles. The third-order valence-corrected chi connectivity index (χ3v) is 7.28. The van der Waals surface area contributed by atoms with Gasteiger partial charge in [0.2, 0.25) is 0 Å². The summed E-state index contributed by atoms with van der Waals surface area (Å²) < 4.78 is 11.9. The highest BCUT2D eigenvalue weighted by Crippen LogP contribution is 2.37. The van der Waals surface area contributed by atoms with Gasteiger partial charge in [-0.15, -0.1) is 0 Å². The standard InChI is InChI=1S/C26H30N2O7/c1-3-19-21(29)22(30)20(28-24(32)17-10-6-7-11-18(17)25(28)33)26(35-19)34-13-12-27-14(2)15-8-4-5-9-16(15)23(27)31/h8-11,19-22,26,29-30H,2-7,12-13H2,1H3/t19?,20?,21-,22-,26-/m1/s1. The summed E-state index contributed by atoms with van der Waals surface area (Å²) in [5, 5.41) is 21.6. The molecule has 0 radical (unpaired) electrons. The molecule has 2 N–H and O–H groups in total. The maximum absolute atomic E-state index is 13.1. The lowest BCUT2D eigenvalue weighted by Crippen LogP contribution is -2.65. The highest BCUT2D eigenvalue weighted by Gasteiger charge is 2.54. The van der Waals surface area contributed by atoms with Gasteiger partial charge < -0.3 is 24.6 Å². The first-order valence-electron chi connectivity index (χ1n) is 12.2. The summed E-state index contributed by atoms with van der Waals surface area (Å²) in [6.07, 6.45) is 6.09. The Bertz CT molecular complexity index is 1040. The average Bonchev–Trinajstić information content (AvgIpc) is 3.27. The number of carbonyl (C=O) groups excluding carboxylic acids is 3. The Morgan fingerprint density at radius 2 is 1.46 bits per heavy atom. The van der Waals surface area contributed by atoms with E-state index in [0.29, 0.717) is 41.7 Å². The molecule has 0 aromatic rings. The Morgan fingerprint density at radius 3 is 2.00 bits per heavy atom. The number of hydrogen-bond donors (Lipinski definition) is 2. The molecule has 9 nitrogen and oxygen atoms in total. The second-order valence-electron chi connectivity index (χ2n) is 9.30. The molecule has 3 fully saturated rings. The van der Waals surface area contributed by atoms with Crippen LogP contribution >= 0.6 is 0 Å². The Hall–Kier alpha value is -2.85. The Kier molecular flexibility index (Phi) is 6.35. The lowest BCUT2D eigenvalue weighted by molar-refractivity contribution is -0.277. The number of ether oxygens (including phenoxy) is 2. The van der Waals surface area contributed by atoms with Crippen LogP contribution in [-0.2, 0) is 23.9 Å². The van der Waals surface area contributed by atoms with Crippen LogP contribution in [0.5, 0.6) is 0 Å². The zero-order valence-electron chi connectivity index (χ0n) is 19.7. The fourth-order valence-electron chi connectivity index (χ4n) is 5.43. The first kappa shape index (κ1) is 23.9. The summed E-state index contributed by atoms with van der Waals surface area (Å²) >= 11 is 0. The van der Waals surface area contributed by atoms with Crippen LogP contribution in [-0.4, -0.2) is 81.5 Å². The van der Waals surface area contributed by atoms with Crippen molar-refractivity contribution < 1.29 is 34.1 Å². The average molecular weight is 483 g/mol. The minimum absolute atomic E-state index is 0.0212. The molecule has 0 spiro atoms. The minimum atomic E-state index is -1.45. The number of nitrogens with zero attached hydrogens (tertiary/aromatic N) is 2. The van der Waals surface area contributed by atoms with Gasteiger partial charge in [-0.1, -0.05) is 37.8 Å². The number of hydrogen-bond acceptors (Lipinski definition) is 7. The van der Waals surface area contributed by atoms with E-state index in [9.17, 15) is 24.6 Å². The van der Waals surface area contributed by atoms with Crippen molar-refractivity contribution in [3.8, 4) is 0 Å². The quantitative estimate of drug-likeness (QED) is 0.547. The Morgan fingerprint density at radius 1 is 0.914 bits per heavy atom. The van der Waals surface area contributed by atoms with Gasteiger partial charge in [-0.3, -0.25) is 19.3 Å². The summed E-state index contributed by atoms with van der Waals surface area (Å²) in [5.41, 5.74) is 2.72. The molecule has 3 heterocycles. The van der Waals surface area contributed by atoms with E-state index in [1.165, 1.54) is 0 Å². The molecule has 3 saturated heterocycles. The third kappa shape index (κ3) is 3.83. The van der Waals surface area contributed by atoms with Crippen molar-refractivity contribution in [3.63, 3.8) is 0 Å². The van der Waals surface area contributed by atoms with Crippen molar-refractivity contribution in [1.29, 1.82) is 0 Å². The van der Waals surface area contributed by atoms with Gasteiger partial charge >= 0.3 is 0 Å². The number of amides is 3. The lowest BCUT2D eigenvalue weighted by Gasteiger charge is -2.45. The molecule has 5 aliphatic rings. The minimum Gasteiger partial charge on any atom is -0.388 e. The predicted molar refractivity (Wildman–Crippen MR) is 124 cm³/mol. The molecule has 0 bridgehead atoms. The lowest BCUT2D eigenvalue weighted by atomic mass is 9.94. The number of aliphatic hydroxyl groups is 2. The first-order chi connectivity index (χ1) is 16.8. The van der Waals surface area contributed by atoms with Gasteiger partial charge in [0.25, 0.3) is 17.7 Å². The van der Waals surface area contributed by atoms with Gasteiger partial charge in [0, 0.05) is 34.5 Å². The maximum Gasteiger partial charge on any atom is 0.261 e. The van der Waals surface area contributed by atoms with Crippen LogP contribution in [0.4, 0.5) is 0 Å². The second-order valence-corrected chi connectivity index (χ2v) is 9.30. The molecule has 3 amide bonds. The van der Waals surface area contributed by atoms with E-state index in [4.69, 9.17) is 9.47 Å². The number of fused-ring (bicyclic) bond motifs is 2. The van der Waals surface area contributed by atoms with Crippen molar-refractivity contribution in [3.05, 3.63) is 58.9 Å². The molecule has 5 rings (SSSR count). The normalized spacial score (nSPS) is 32.8. The summed E-state index contributed by atoms with van der Waals surface area (Å²) in [6, 6.07) is -1.23. The van der Waals surface area contributed by atoms with Gasteiger partial charge in [0.05, 0.1) is 12.7 Å². The first-order valence-corrected chi connectivity index (χ1v) is 12.2. The van der Waals surface area contributed by atoms with E-state index >= 15 is 0 Å². The smallest absolute Gasteiger partial charge is 0.261 e. The van der Waals surface area contributed by atoms with Crippen molar-refractivity contribution in [2.75, 3.05) is 13.2 Å². The summed E-state index contributed by atoms with van der Waals surface area (Å²) in [6.45, 7) is 6.05. The van der Waals surface area contributed by atoms with Crippen molar-refractivity contribution >= 4 is 17.7 Å². The van der Waals surface area contributed by atoms with Gasteiger partial charge in [-0.25, -0.2) is 0 Å². The highest BCUT2D eigenvalue weighted by molar-refractivity contribution is 6.25. The number of rotatable bonds is 6. The van der Waals surface area contributed by atoms with Gasteiger partial charge in [-0.05, 0) is 32.1 Å². The van der Waals surface area contributed by atoms with Crippen molar-refractivity contribution in [2.24, 2.45) is 0 Å². The number of likely N-dealkylation sites (tertiary alicyclic amines) is 2. The molecule has 0 aromatic carbocycles. The van der Waals surface area contributed by atoms with Gasteiger partial charge in [-0.2, -0.15) is 0 Å². The molecule has 9 heteroatoms. The fraction of sp³-hybridized carbons (Fsp3) is 0.500. The molecule has 2 aliphatic carbocycles. The number of aliphatic hydroxyl groups excluding tert-OH is 2. The number of allylic oxidation sites excluding steroid dienone is 5. The van der Waals surface area contributed by atoms with Crippen molar-refractivity contribution in [1.82, 2.24) is 9.80 Å². The molecule has 0 saturated carbocycles. The number of carbonyl (C=O) groups is 3. The SMILES string of the molecule is C=C1C2=CCCC=C2C(=O)N1CCO[C@@H]1OC(CC)[C@@H](O)[C@H](O)C1N1C(=O)C2=CCCC=C2C1=O. The van der Waals surface area contributed by atoms with E-state index in [2.05, 4.69) is 6.58 Å². The molecule has 2 unspecified atom stereocenters. The van der Waals surface area contributed by atoms with Crippen LogP contribution in [0.25, 0.3) is 0 Å². The van der Waals surface area contributed by atoms with Crippen molar-refractivity contribution in [2.45, 2.75) is 69.7 Å². The molecule has 35 heavy (non-hydrogen) atoms. The molecule has 186 valence electrons. The predicted octanol–water partition coefficient (Wildman–Crippen LogP) is 1.25. The topological polar surface area (TPSA) is 117 Å². The zero-order valence-corrected chi connectivity index (χ0v) is 19.7. The monoisotopic (exact) mass is 482 g/mol. The molecule has 3 aliphatic heterocycles. The second kappa shape index (κ2) is 9.31. The van der Waals surface area contributed by atoms with E-state index < -0.39 is 42.5 Å². The summed E-state index contributed by atoms with van der Waals surface area (Å²) in [7, 11) is 0. The van der Waals surface area contributed by atoms with Crippen LogP contribution in [0.1, 0.15) is 39.0 Å². The van der Waals surface area contributed by atoms with Gasteiger partial charge in [0.1, 0.15) is 18.2 Å². The zero-order chi connectivity index (χ0) is 24.9. The molecular formula is C26H30N2O7. The summed E-state index contributed by atoms with van der Waals surface area (Å²) in [4.78, 5) is 41.6. The molecule has 5 atom stereocenters. The fourth-order valence-corrected chi connectivity index (χ4v) is 5.43. The van der Waals surface area contributed by atoms with Crippen LogP contribution in [0.2, 0.25) is 0 Å². The van der Waals surface area contributed by atoms with Gasteiger partial charge in [0.15, 0.2) is 6.29 Å². The van der Waals surface area contributed by atoms with Crippen LogP contribution in [0.3, 0.4) is 0 Å². The Balaban J connectivity index is 1.35. The summed E-state index contributed by atoms with van der Waals surface area (Å²) in [5.74, 6) is -1.20. The maximum atomic E-state index is 13.1. The third-order valence-electron chi connectivity index (χ3n) is 7.28. The number of imide groups is 1. The molecular weight excluding hydrogens is 452 g/mol. The van der Waals surface area contributed by atoms with E-state index in [0.717, 1.165) is 23.3 Å². The van der Waals surface area contributed by atoms with E-state index in [-0.39, 0.29) is 19.1 Å². The van der Waals surface area contributed by atoms with Crippen LogP contribution < -0.4 is 0 Å². The Labute approximate surface area is 203 Å². The van der Waals surface area contributed by atoms with E-state index in [1.54, 1.807) is 24.0 Å². The van der Waals surface area contributed by atoms with Crippen LogP contribution in [0.15, 0.2) is 58.9 Å². The largest absolute Gasteiger partial charge is 0.388 e. The van der Waals surface area contributed by atoms with E-state index in [1.807, 2.05) is 12.2 Å². The highest BCUT2D eigenvalue weighted by atomic mass is 16.7.